The summed E-state index contributed by atoms with van der Waals surface area (Å²) < 4.78 is 74.1. The molecule has 0 aromatic carbocycles. The van der Waals surface area contributed by atoms with Crippen molar-refractivity contribution < 1.29 is 36.3 Å². The van der Waals surface area contributed by atoms with Crippen LogP contribution in [-0.4, -0.2) is 73.6 Å². The van der Waals surface area contributed by atoms with Crippen LogP contribution >= 0.6 is 0 Å². The van der Waals surface area contributed by atoms with Gasteiger partial charge in [0, 0.05) is 31.4 Å². The molecule has 1 aliphatic heterocycles. The molecule has 188 valence electrons. The molecular weight excluding hydrogens is 481 g/mol. The van der Waals surface area contributed by atoms with E-state index in [1.807, 2.05) is 0 Å². The first-order valence-corrected chi connectivity index (χ1v) is 10.5. The number of aromatic nitrogens is 5. The van der Waals surface area contributed by atoms with Crippen LogP contribution in [-0.2, 0) is 17.2 Å². The van der Waals surface area contributed by atoms with Crippen LogP contribution in [0.2, 0.25) is 0 Å². The second-order valence-electron chi connectivity index (χ2n) is 7.74. The lowest BCUT2D eigenvalue weighted by Crippen LogP contribution is -2.41. The maximum Gasteiger partial charge on any atom is 0.459 e. The summed E-state index contributed by atoms with van der Waals surface area (Å²) in [6.07, 6.45) is -4.64. The molecule has 0 aliphatic carbocycles. The zero-order chi connectivity index (χ0) is 25.5. The Balaban J connectivity index is 1.68. The Kier molecular flexibility index (Phi) is 6.21. The Hall–Kier alpha value is -3.62. The Morgan fingerprint density at radius 3 is 2.46 bits per heavy atom. The Morgan fingerprint density at radius 2 is 1.83 bits per heavy atom. The molecular formula is C20H20F5N7O3. The van der Waals surface area contributed by atoms with Crippen molar-refractivity contribution >= 4 is 23.1 Å². The number of carbonyl (C=O) groups excluding carboxylic acids is 2. The summed E-state index contributed by atoms with van der Waals surface area (Å²) in [5.41, 5.74) is -2.32. The monoisotopic (exact) mass is 501 g/mol. The number of halogens is 5. The van der Waals surface area contributed by atoms with Crippen LogP contribution in [0.5, 0.6) is 0 Å². The molecule has 10 nitrogen and oxygen atoms in total. The van der Waals surface area contributed by atoms with Crippen molar-refractivity contribution in [1.82, 2.24) is 29.3 Å². The number of anilines is 1. The molecule has 15 heteroatoms. The highest BCUT2D eigenvalue weighted by molar-refractivity contribution is 6.07. The first-order valence-electron chi connectivity index (χ1n) is 10.5. The Bertz CT molecular complexity index is 1280. The summed E-state index contributed by atoms with van der Waals surface area (Å²) in [7, 11) is 0. The van der Waals surface area contributed by atoms with Gasteiger partial charge < -0.3 is 15.0 Å². The second kappa shape index (κ2) is 8.87. The number of amides is 2. The van der Waals surface area contributed by atoms with E-state index in [9.17, 15) is 31.5 Å². The smallest absolute Gasteiger partial charge is 0.378 e. The quantitative estimate of drug-likeness (QED) is 0.539. The van der Waals surface area contributed by atoms with E-state index < -0.39 is 35.3 Å². The minimum Gasteiger partial charge on any atom is -0.378 e. The fourth-order valence-electron chi connectivity index (χ4n) is 3.62. The van der Waals surface area contributed by atoms with Crippen molar-refractivity contribution in [2.24, 2.45) is 0 Å². The van der Waals surface area contributed by atoms with Crippen LogP contribution in [0, 0.1) is 6.92 Å². The van der Waals surface area contributed by atoms with Crippen LogP contribution in [0.15, 0.2) is 18.3 Å². The van der Waals surface area contributed by atoms with Gasteiger partial charge in [-0.15, -0.1) is 0 Å². The number of carbonyl (C=O) groups is 2. The summed E-state index contributed by atoms with van der Waals surface area (Å²) in [5, 5.41) is 10.2. The van der Waals surface area contributed by atoms with Crippen LogP contribution in [0.1, 0.15) is 39.3 Å². The number of ether oxygens (including phenoxy) is 1. The number of morpholine rings is 1. The van der Waals surface area contributed by atoms with E-state index in [0.29, 0.717) is 38.9 Å². The molecule has 0 saturated carbocycles. The minimum absolute atomic E-state index is 0.0374. The molecule has 0 unspecified atom stereocenters. The molecule has 2 amide bonds. The third-order valence-corrected chi connectivity index (χ3v) is 5.35. The van der Waals surface area contributed by atoms with Gasteiger partial charge in [0.05, 0.1) is 25.1 Å². The van der Waals surface area contributed by atoms with Crippen molar-refractivity contribution in [3.05, 3.63) is 41.1 Å². The number of fused-ring (bicyclic) bond motifs is 1. The highest BCUT2D eigenvalue weighted by atomic mass is 19.4. The first-order chi connectivity index (χ1) is 16.4. The number of aryl methyl sites for hydroxylation is 2. The lowest BCUT2D eigenvalue weighted by atomic mass is 10.2. The molecule has 0 bridgehead atoms. The topological polar surface area (TPSA) is 107 Å². The van der Waals surface area contributed by atoms with Gasteiger partial charge in [0.1, 0.15) is 11.4 Å². The van der Waals surface area contributed by atoms with E-state index in [1.165, 1.54) is 22.7 Å². The lowest BCUT2D eigenvalue weighted by molar-refractivity contribution is -0.291. The van der Waals surface area contributed by atoms with E-state index in [-0.39, 0.29) is 27.2 Å². The average molecular weight is 501 g/mol. The molecule has 0 spiro atoms. The third-order valence-electron chi connectivity index (χ3n) is 5.35. The molecule has 1 fully saturated rings. The lowest BCUT2D eigenvalue weighted by Gasteiger charge is -2.27. The first kappa shape index (κ1) is 24.5. The van der Waals surface area contributed by atoms with E-state index in [2.05, 4.69) is 20.5 Å². The van der Waals surface area contributed by atoms with Gasteiger partial charge in [-0.25, -0.2) is 9.50 Å². The van der Waals surface area contributed by atoms with Crippen LogP contribution in [0.3, 0.4) is 0 Å². The van der Waals surface area contributed by atoms with E-state index in [4.69, 9.17) is 4.74 Å². The zero-order valence-electron chi connectivity index (χ0n) is 18.6. The molecule has 4 rings (SSSR count). The van der Waals surface area contributed by atoms with Gasteiger partial charge in [0.25, 0.3) is 11.8 Å². The third kappa shape index (κ3) is 4.42. The van der Waals surface area contributed by atoms with Crippen molar-refractivity contribution in [1.29, 1.82) is 0 Å². The molecule has 35 heavy (non-hydrogen) atoms. The van der Waals surface area contributed by atoms with Crippen LogP contribution < -0.4 is 5.32 Å². The summed E-state index contributed by atoms with van der Waals surface area (Å²) in [5.74, 6) is -6.58. The van der Waals surface area contributed by atoms with Crippen LogP contribution in [0.25, 0.3) is 5.65 Å². The van der Waals surface area contributed by atoms with E-state index in [0.717, 1.165) is 6.07 Å². The van der Waals surface area contributed by atoms with Gasteiger partial charge in [-0.05, 0) is 19.9 Å². The largest absolute Gasteiger partial charge is 0.459 e. The van der Waals surface area contributed by atoms with E-state index in [1.54, 1.807) is 6.92 Å². The van der Waals surface area contributed by atoms with Gasteiger partial charge in [-0.1, -0.05) is 0 Å². The molecule has 4 heterocycles. The van der Waals surface area contributed by atoms with Gasteiger partial charge in [0.2, 0.25) is 0 Å². The molecule has 1 aliphatic rings. The van der Waals surface area contributed by atoms with Crippen molar-refractivity contribution in [3.8, 4) is 0 Å². The highest BCUT2D eigenvalue weighted by Crippen LogP contribution is 2.43. The number of nitrogens with zero attached hydrogens (tertiary/aromatic N) is 6. The number of hydrogen-bond acceptors (Lipinski definition) is 6. The van der Waals surface area contributed by atoms with Gasteiger partial charge >= 0.3 is 12.1 Å². The van der Waals surface area contributed by atoms with Crippen LogP contribution in [0.4, 0.5) is 27.6 Å². The van der Waals surface area contributed by atoms with Crippen molar-refractivity contribution in [2.75, 3.05) is 31.6 Å². The van der Waals surface area contributed by atoms with Gasteiger partial charge in [-0.3, -0.25) is 14.3 Å². The highest BCUT2D eigenvalue weighted by Gasteiger charge is 2.60. The molecule has 0 radical (unpaired) electrons. The molecule has 3 aromatic heterocycles. The average Bonchev–Trinajstić information content (AvgIpc) is 3.41. The summed E-state index contributed by atoms with van der Waals surface area (Å²) in [4.78, 5) is 31.3. The maximum atomic E-state index is 14.1. The van der Waals surface area contributed by atoms with E-state index >= 15 is 0 Å². The second-order valence-corrected chi connectivity index (χ2v) is 7.74. The molecule has 1 saturated heterocycles. The Morgan fingerprint density at radius 1 is 1.14 bits per heavy atom. The summed E-state index contributed by atoms with van der Waals surface area (Å²) in [6, 6.07) is 1.53. The number of hydrogen-bond donors (Lipinski definition) is 1. The maximum absolute atomic E-state index is 14.1. The molecule has 1 N–H and O–H groups in total. The van der Waals surface area contributed by atoms with Crippen molar-refractivity contribution in [2.45, 2.75) is 32.5 Å². The van der Waals surface area contributed by atoms with Crippen molar-refractivity contribution in [3.63, 3.8) is 0 Å². The fourth-order valence-corrected chi connectivity index (χ4v) is 3.62. The molecule has 3 aromatic rings. The SMILES string of the molecule is CCn1ncc(NC(=O)c2cc3nc(C)cc(C(F)(F)C(F)(F)F)n3n2)c1C(=O)N1CCOCC1. The number of alkyl halides is 5. The fraction of sp³-hybridized carbons (Fsp3) is 0.450. The normalized spacial score (nSPS) is 15.0. The predicted molar refractivity (Wildman–Crippen MR) is 110 cm³/mol. The van der Waals surface area contributed by atoms with Gasteiger partial charge in [-0.2, -0.15) is 32.1 Å². The summed E-state index contributed by atoms with van der Waals surface area (Å²) >= 11 is 0. The standard InChI is InChI=1S/C20H20F5N7O3/c1-3-31-16(18(34)30-4-6-35-7-5-30)13(10-26-31)28-17(33)12-9-15-27-11(2)8-14(32(15)29-12)19(21,22)20(23,24)25/h8-10H,3-7H2,1-2H3,(H,28,33). The zero-order valence-corrected chi connectivity index (χ0v) is 18.6. The minimum atomic E-state index is -5.88. The molecule has 0 atom stereocenters. The van der Waals surface area contributed by atoms with Gasteiger partial charge in [0.15, 0.2) is 11.3 Å². The predicted octanol–water partition coefficient (Wildman–Crippen LogP) is 2.63. The summed E-state index contributed by atoms with van der Waals surface area (Å²) in [6.45, 7) is 4.69. The number of nitrogens with one attached hydrogen (secondary N) is 1. The Labute approximate surface area is 194 Å². The number of rotatable bonds is 5.